The quantitative estimate of drug-likeness (QED) is 0.575. The molecule has 54 valence electrons. The van der Waals surface area contributed by atoms with Gasteiger partial charge in [-0.1, -0.05) is 0 Å². The van der Waals surface area contributed by atoms with Crippen LogP contribution in [-0.4, -0.2) is 29.5 Å². The van der Waals surface area contributed by atoms with Crippen LogP contribution in [-0.2, 0) is 10.8 Å². The summed E-state index contributed by atoms with van der Waals surface area (Å²) in [5.41, 5.74) is 1.04. The summed E-state index contributed by atoms with van der Waals surface area (Å²) < 4.78 is 10.6. The van der Waals surface area contributed by atoms with E-state index in [0.29, 0.717) is 0 Å². The van der Waals surface area contributed by atoms with Crippen LogP contribution < -0.4 is 0 Å². The molecule has 9 heavy (non-hydrogen) atoms. The van der Waals surface area contributed by atoms with Crippen molar-refractivity contribution in [2.24, 2.45) is 0 Å². The van der Waals surface area contributed by atoms with Crippen LogP contribution in [0.2, 0.25) is 0 Å². The fourth-order valence-electron chi connectivity index (χ4n) is 0.346. The highest BCUT2D eigenvalue weighted by Gasteiger charge is 1.90. The topological polar surface area (TPSA) is 20.3 Å². The number of hydrogen-bond acceptors (Lipinski definition) is 2. The molecule has 0 saturated carbocycles. The van der Waals surface area contributed by atoms with E-state index in [4.69, 9.17) is 0 Å². The summed E-state index contributed by atoms with van der Waals surface area (Å²) in [5, 5.41) is 1.72. The van der Waals surface area contributed by atoms with E-state index >= 15 is 0 Å². The first-order valence-electron chi connectivity index (χ1n) is 2.72. The molecule has 0 bridgehead atoms. The van der Waals surface area contributed by atoms with Gasteiger partial charge in [-0.25, -0.2) is 0 Å². The minimum absolute atomic E-state index is 0.820. The first-order chi connectivity index (χ1) is 4.04. The van der Waals surface area contributed by atoms with Gasteiger partial charge in [0.25, 0.3) is 0 Å². The van der Waals surface area contributed by atoms with E-state index in [2.05, 4.69) is 0 Å². The second-order valence-corrected chi connectivity index (χ2v) is 3.39. The van der Waals surface area contributed by atoms with Gasteiger partial charge in [0, 0.05) is 42.3 Å². The molecule has 0 amide bonds. The Morgan fingerprint density at radius 2 is 2.00 bits per heavy atom. The summed E-state index contributed by atoms with van der Waals surface area (Å²) in [7, 11) is 3.04. The first kappa shape index (κ1) is 8.69. The third-order valence-electron chi connectivity index (χ3n) is 1.04. The summed E-state index contributed by atoms with van der Waals surface area (Å²) in [4.78, 5) is 1.93. The van der Waals surface area contributed by atoms with E-state index in [0.717, 1.165) is 5.70 Å². The Hall–Kier alpha value is -0.310. The van der Waals surface area contributed by atoms with Crippen LogP contribution >= 0.6 is 0 Å². The average Bonchev–Trinajstić information content (AvgIpc) is 1.63. The Morgan fingerprint density at radius 1 is 1.56 bits per heavy atom. The van der Waals surface area contributed by atoms with Crippen LogP contribution in [0, 0.1) is 0 Å². The van der Waals surface area contributed by atoms with Gasteiger partial charge in [-0.15, -0.1) is 0 Å². The molecule has 0 aliphatic heterocycles. The van der Waals surface area contributed by atoms with Gasteiger partial charge in [-0.05, 0) is 6.92 Å². The zero-order valence-corrected chi connectivity index (χ0v) is 7.16. The van der Waals surface area contributed by atoms with Crippen molar-refractivity contribution >= 4 is 10.8 Å². The summed E-state index contributed by atoms with van der Waals surface area (Å²) >= 11 is 0. The smallest absolute Gasteiger partial charge is 0.0441 e. The molecule has 0 heterocycles. The molecule has 0 radical (unpaired) electrons. The van der Waals surface area contributed by atoms with Crippen LogP contribution in [0.4, 0.5) is 0 Å². The third-order valence-corrected chi connectivity index (χ3v) is 1.71. The summed E-state index contributed by atoms with van der Waals surface area (Å²) in [6.45, 7) is 1.93. The van der Waals surface area contributed by atoms with E-state index in [1.54, 1.807) is 11.7 Å². The molecule has 0 aromatic heterocycles. The number of hydrogen-bond donors (Lipinski definition) is 0. The maximum atomic E-state index is 10.6. The fourth-order valence-corrected chi connectivity index (χ4v) is 1.04. The lowest BCUT2D eigenvalue weighted by Gasteiger charge is -2.10. The molecule has 0 aromatic carbocycles. The van der Waals surface area contributed by atoms with Crippen LogP contribution in [0.1, 0.15) is 6.92 Å². The minimum atomic E-state index is -0.820. The molecule has 0 fully saturated rings. The third kappa shape index (κ3) is 4.21. The molecule has 0 aliphatic rings. The van der Waals surface area contributed by atoms with E-state index in [9.17, 15) is 4.21 Å². The van der Waals surface area contributed by atoms with Gasteiger partial charge in [0.2, 0.25) is 0 Å². The van der Waals surface area contributed by atoms with Gasteiger partial charge in [0.15, 0.2) is 0 Å². The molecule has 0 unspecified atom stereocenters. The SMILES string of the molecule is C/C(=C/[S@](C)=O)N(C)C. The van der Waals surface area contributed by atoms with E-state index < -0.39 is 10.8 Å². The maximum Gasteiger partial charge on any atom is 0.0441 e. The second-order valence-electron chi connectivity index (χ2n) is 2.15. The fraction of sp³-hybridized carbons (Fsp3) is 0.667. The lowest BCUT2D eigenvalue weighted by Crippen LogP contribution is -2.08. The molecule has 0 N–H and O–H groups in total. The average molecular weight is 147 g/mol. The highest BCUT2D eigenvalue weighted by Crippen LogP contribution is 1.95. The monoisotopic (exact) mass is 147 g/mol. The molecular formula is C6H13NOS. The summed E-state index contributed by atoms with van der Waals surface area (Å²) in [5.74, 6) is 0. The van der Waals surface area contributed by atoms with Gasteiger partial charge in [0.1, 0.15) is 0 Å². The predicted molar refractivity (Wildman–Crippen MR) is 41.5 cm³/mol. The van der Waals surface area contributed by atoms with E-state index in [-0.39, 0.29) is 0 Å². The molecule has 3 heteroatoms. The highest BCUT2D eigenvalue weighted by molar-refractivity contribution is 7.87. The highest BCUT2D eigenvalue weighted by atomic mass is 32.2. The molecule has 0 rings (SSSR count). The van der Waals surface area contributed by atoms with E-state index in [1.807, 2.05) is 25.9 Å². The van der Waals surface area contributed by atoms with E-state index in [1.165, 1.54) is 0 Å². The predicted octanol–water partition coefficient (Wildman–Crippen LogP) is 0.788. The number of allylic oxidation sites excluding steroid dienone is 1. The molecule has 0 aliphatic carbocycles. The Balaban J connectivity index is 4.00. The summed E-state index contributed by atoms with van der Waals surface area (Å²) in [6.07, 6.45) is 1.66. The van der Waals surface area contributed by atoms with Crippen molar-refractivity contribution in [1.82, 2.24) is 4.90 Å². The van der Waals surface area contributed by atoms with Gasteiger partial charge in [-0.3, -0.25) is 4.21 Å². The van der Waals surface area contributed by atoms with Crippen LogP contribution in [0.15, 0.2) is 11.1 Å². The Morgan fingerprint density at radius 3 is 2.11 bits per heavy atom. The minimum Gasteiger partial charge on any atom is -0.381 e. The van der Waals surface area contributed by atoms with Gasteiger partial charge in [-0.2, -0.15) is 0 Å². The Labute approximate surface area is 59.0 Å². The zero-order chi connectivity index (χ0) is 7.44. The summed E-state index contributed by atoms with van der Waals surface area (Å²) in [6, 6.07) is 0. The van der Waals surface area contributed by atoms with Crippen LogP contribution in [0.25, 0.3) is 0 Å². The molecule has 0 spiro atoms. The maximum absolute atomic E-state index is 10.6. The van der Waals surface area contributed by atoms with Gasteiger partial charge >= 0.3 is 0 Å². The Bertz CT molecular complexity index is 140. The van der Waals surface area contributed by atoms with Crippen molar-refractivity contribution in [3.8, 4) is 0 Å². The number of nitrogens with zero attached hydrogens (tertiary/aromatic N) is 1. The van der Waals surface area contributed by atoms with Crippen LogP contribution in [0.5, 0.6) is 0 Å². The normalized spacial score (nSPS) is 15.3. The Kier molecular flexibility index (Phi) is 3.54. The largest absolute Gasteiger partial charge is 0.381 e. The molecule has 1 atom stereocenters. The van der Waals surface area contributed by atoms with Gasteiger partial charge in [0.05, 0.1) is 0 Å². The molecule has 0 aromatic rings. The van der Waals surface area contributed by atoms with Crippen molar-refractivity contribution in [2.45, 2.75) is 6.92 Å². The van der Waals surface area contributed by atoms with Crippen molar-refractivity contribution in [1.29, 1.82) is 0 Å². The molecule has 0 saturated heterocycles. The van der Waals surface area contributed by atoms with Crippen molar-refractivity contribution in [3.63, 3.8) is 0 Å². The standard InChI is InChI=1S/C6H13NOS/c1-6(7(2)3)5-9(4)8/h5H,1-4H3/b6-5-/t9-/m0/s1. The van der Waals surface area contributed by atoms with Crippen molar-refractivity contribution in [3.05, 3.63) is 11.1 Å². The molecule has 2 nitrogen and oxygen atoms in total. The van der Waals surface area contributed by atoms with Crippen molar-refractivity contribution < 1.29 is 4.21 Å². The van der Waals surface area contributed by atoms with Crippen molar-refractivity contribution in [2.75, 3.05) is 20.4 Å². The number of rotatable bonds is 2. The second kappa shape index (κ2) is 3.67. The lowest BCUT2D eigenvalue weighted by molar-refractivity contribution is 0.515. The lowest BCUT2D eigenvalue weighted by atomic mass is 10.5. The zero-order valence-electron chi connectivity index (χ0n) is 6.34. The first-order valence-corrected chi connectivity index (χ1v) is 4.34. The molecular weight excluding hydrogens is 134 g/mol. The van der Waals surface area contributed by atoms with Crippen LogP contribution in [0.3, 0.4) is 0 Å². The van der Waals surface area contributed by atoms with Gasteiger partial charge < -0.3 is 4.90 Å².